The van der Waals surface area contributed by atoms with Crippen molar-refractivity contribution in [3.63, 3.8) is 0 Å². The maximum absolute atomic E-state index is 4.35. The maximum atomic E-state index is 4.35. The van der Waals surface area contributed by atoms with E-state index in [1.54, 1.807) is 13.4 Å². The highest BCUT2D eigenvalue weighted by molar-refractivity contribution is 7.09. The van der Waals surface area contributed by atoms with Crippen LogP contribution in [0.4, 0.5) is 11.5 Å². The fourth-order valence-electron chi connectivity index (χ4n) is 2.07. The Morgan fingerprint density at radius 1 is 0.958 bits per heavy atom. The number of hydrogen-bond acceptors (Lipinski definition) is 4. The first-order valence-electron chi connectivity index (χ1n) is 7.92. The van der Waals surface area contributed by atoms with Crippen LogP contribution >= 0.6 is 9.47 Å². The molecule has 0 bridgehead atoms. The SMILES string of the molecule is CC.COP.Cc1cc2ncnc(Nc3ccccc3)c2cc1C. The third kappa shape index (κ3) is 5.55. The number of fused-ring (bicyclic) bond motifs is 1. The number of anilines is 2. The molecule has 1 atom stereocenters. The lowest BCUT2D eigenvalue weighted by atomic mass is 10.1. The van der Waals surface area contributed by atoms with Crippen molar-refractivity contribution in [2.24, 2.45) is 0 Å². The van der Waals surface area contributed by atoms with Gasteiger partial charge in [0.25, 0.3) is 0 Å². The van der Waals surface area contributed by atoms with Gasteiger partial charge < -0.3 is 9.84 Å². The lowest BCUT2D eigenvalue weighted by Gasteiger charge is -2.09. The third-order valence-corrected chi connectivity index (χ3v) is 3.29. The molecule has 5 heteroatoms. The zero-order valence-corrected chi connectivity index (χ0v) is 16.2. The van der Waals surface area contributed by atoms with Crippen LogP contribution in [-0.2, 0) is 4.52 Å². The average Bonchev–Trinajstić information content (AvgIpc) is 2.60. The van der Waals surface area contributed by atoms with Crippen molar-refractivity contribution in [3.05, 3.63) is 59.9 Å². The van der Waals surface area contributed by atoms with Gasteiger partial charge in [-0.3, -0.25) is 0 Å². The molecule has 24 heavy (non-hydrogen) atoms. The van der Waals surface area contributed by atoms with Gasteiger partial charge in [-0.25, -0.2) is 9.97 Å². The number of aryl methyl sites for hydroxylation is 2. The summed E-state index contributed by atoms with van der Waals surface area (Å²) < 4.78 is 4.17. The highest BCUT2D eigenvalue weighted by Crippen LogP contribution is 2.25. The number of nitrogens with one attached hydrogen (secondary N) is 1. The zero-order valence-electron chi connectivity index (χ0n) is 15.0. The summed E-state index contributed by atoms with van der Waals surface area (Å²) in [7, 11) is 3.67. The molecule has 2 aromatic carbocycles. The van der Waals surface area contributed by atoms with Gasteiger partial charge in [0.15, 0.2) is 0 Å². The molecule has 4 nitrogen and oxygen atoms in total. The highest BCUT2D eigenvalue weighted by atomic mass is 31.0. The number of para-hydroxylation sites is 1. The normalized spacial score (nSPS) is 9.42. The van der Waals surface area contributed by atoms with E-state index in [1.807, 2.05) is 44.2 Å². The first-order chi connectivity index (χ1) is 11.7. The van der Waals surface area contributed by atoms with E-state index in [9.17, 15) is 0 Å². The van der Waals surface area contributed by atoms with Crippen LogP contribution in [0.1, 0.15) is 25.0 Å². The number of aromatic nitrogens is 2. The van der Waals surface area contributed by atoms with Gasteiger partial charge in [-0.15, -0.1) is 0 Å². The van der Waals surface area contributed by atoms with Gasteiger partial charge in [-0.1, -0.05) is 32.0 Å². The fraction of sp³-hybridized carbons (Fsp3) is 0.263. The molecule has 0 saturated carbocycles. The molecule has 0 spiro atoms. The van der Waals surface area contributed by atoms with E-state index >= 15 is 0 Å². The first kappa shape index (κ1) is 20.0. The summed E-state index contributed by atoms with van der Waals surface area (Å²) in [4.78, 5) is 8.69. The zero-order chi connectivity index (χ0) is 17.9. The largest absolute Gasteiger partial charge is 0.369 e. The molecule has 1 unspecified atom stereocenters. The molecule has 0 saturated heterocycles. The van der Waals surface area contributed by atoms with Crippen molar-refractivity contribution < 1.29 is 4.52 Å². The van der Waals surface area contributed by atoms with Crippen LogP contribution in [-0.4, -0.2) is 17.1 Å². The molecule has 3 aromatic rings. The molecule has 3 rings (SSSR count). The lowest BCUT2D eigenvalue weighted by Crippen LogP contribution is -1.96. The standard InChI is InChI=1S/C16H15N3.C2H6.CH5OP/c1-11-8-14-15(9-12(11)2)17-10-18-16(14)19-13-6-4-3-5-7-13;1-2;1-2-3/h3-10H,1-2H3,(H,17,18,19);1-2H3;3H2,1H3. The van der Waals surface area contributed by atoms with E-state index in [1.165, 1.54) is 11.1 Å². The van der Waals surface area contributed by atoms with Crippen LogP contribution in [0.25, 0.3) is 10.9 Å². The van der Waals surface area contributed by atoms with E-state index < -0.39 is 0 Å². The second kappa shape index (κ2) is 10.7. The Morgan fingerprint density at radius 2 is 1.54 bits per heavy atom. The molecule has 0 radical (unpaired) electrons. The van der Waals surface area contributed by atoms with Gasteiger partial charge in [0.2, 0.25) is 0 Å². The summed E-state index contributed by atoms with van der Waals surface area (Å²) in [5.74, 6) is 0.847. The Labute approximate surface area is 147 Å². The van der Waals surface area contributed by atoms with Crippen LogP contribution in [0.2, 0.25) is 0 Å². The minimum Gasteiger partial charge on any atom is -0.369 e. The van der Waals surface area contributed by atoms with Crippen LogP contribution in [0.15, 0.2) is 48.8 Å². The van der Waals surface area contributed by atoms with Gasteiger partial charge in [-0.05, 0) is 58.7 Å². The topological polar surface area (TPSA) is 47.0 Å². The van der Waals surface area contributed by atoms with Crippen LogP contribution in [0, 0.1) is 13.8 Å². The van der Waals surface area contributed by atoms with Crippen molar-refractivity contribution in [2.45, 2.75) is 27.7 Å². The summed E-state index contributed by atoms with van der Waals surface area (Å²) in [6.45, 7) is 8.20. The van der Waals surface area contributed by atoms with E-state index in [4.69, 9.17) is 0 Å². The quantitative estimate of drug-likeness (QED) is 0.630. The first-order valence-corrected chi connectivity index (χ1v) is 8.39. The summed E-state index contributed by atoms with van der Waals surface area (Å²) in [5.41, 5.74) is 4.49. The predicted molar refractivity (Wildman–Crippen MR) is 107 cm³/mol. The Balaban J connectivity index is 0.000000521. The number of hydrogen-bond donors (Lipinski definition) is 1. The van der Waals surface area contributed by atoms with Gasteiger partial charge in [-0.2, -0.15) is 0 Å². The molecule has 0 aliphatic heterocycles. The van der Waals surface area contributed by atoms with Crippen molar-refractivity contribution >= 4 is 31.9 Å². The maximum Gasteiger partial charge on any atom is 0.141 e. The third-order valence-electron chi connectivity index (χ3n) is 3.29. The molecule has 1 heterocycles. The van der Waals surface area contributed by atoms with E-state index in [2.05, 4.69) is 55.3 Å². The van der Waals surface area contributed by atoms with E-state index in [0.29, 0.717) is 0 Å². The minimum absolute atomic E-state index is 0.847. The Morgan fingerprint density at radius 3 is 2.17 bits per heavy atom. The lowest BCUT2D eigenvalue weighted by molar-refractivity contribution is 0.488. The summed E-state index contributed by atoms with van der Waals surface area (Å²) in [5, 5.41) is 4.39. The number of benzene rings is 2. The van der Waals surface area contributed by atoms with Gasteiger partial charge in [0.05, 0.1) is 5.52 Å². The molecule has 0 fully saturated rings. The molecule has 0 aliphatic rings. The van der Waals surface area contributed by atoms with Crippen LogP contribution < -0.4 is 5.32 Å². The van der Waals surface area contributed by atoms with Crippen molar-refractivity contribution in [2.75, 3.05) is 12.4 Å². The molecule has 0 amide bonds. The summed E-state index contributed by atoms with van der Waals surface area (Å²) >= 11 is 0. The minimum atomic E-state index is 0.847. The highest BCUT2D eigenvalue weighted by Gasteiger charge is 2.05. The Bertz CT molecular complexity index is 748. The van der Waals surface area contributed by atoms with E-state index in [-0.39, 0.29) is 0 Å². The molecule has 128 valence electrons. The van der Waals surface area contributed by atoms with Crippen molar-refractivity contribution in [1.29, 1.82) is 0 Å². The molecular formula is C19H26N3OP. The molecule has 0 aliphatic carbocycles. The van der Waals surface area contributed by atoms with Gasteiger partial charge in [0, 0.05) is 18.2 Å². The Kier molecular flexibility index (Phi) is 8.92. The second-order valence-electron chi connectivity index (χ2n) is 4.90. The van der Waals surface area contributed by atoms with Crippen molar-refractivity contribution in [3.8, 4) is 0 Å². The monoisotopic (exact) mass is 343 g/mol. The summed E-state index contributed by atoms with van der Waals surface area (Å²) in [6, 6.07) is 14.3. The number of nitrogens with zero attached hydrogens (tertiary/aromatic N) is 2. The van der Waals surface area contributed by atoms with E-state index in [0.717, 1.165) is 22.4 Å². The van der Waals surface area contributed by atoms with Gasteiger partial charge >= 0.3 is 0 Å². The average molecular weight is 343 g/mol. The molecule has 1 N–H and O–H groups in total. The van der Waals surface area contributed by atoms with Gasteiger partial charge in [0.1, 0.15) is 12.1 Å². The predicted octanol–water partition coefficient (Wildman–Crippen LogP) is 5.44. The van der Waals surface area contributed by atoms with Crippen LogP contribution in [0.5, 0.6) is 0 Å². The number of rotatable bonds is 2. The smallest absolute Gasteiger partial charge is 0.141 e. The summed E-state index contributed by atoms with van der Waals surface area (Å²) in [6.07, 6.45) is 1.60. The van der Waals surface area contributed by atoms with Crippen molar-refractivity contribution in [1.82, 2.24) is 9.97 Å². The second-order valence-corrected chi connectivity index (χ2v) is 5.37. The fourth-order valence-corrected chi connectivity index (χ4v) is 2.07. The molecular weight excluding hydrogens is 317 g/mol. The Hall–Kier alpha value is -2.03. The van der Waals surface area contributed by atoms with Crippen LogP contribution in [0.3, 0.4) is 0 Å². The molecule has 1 aromatic heterocycles.